The van der Waals surface area contributed by atoms with Gasteiger partial charge in [-0.1, -0.05) is 13.0 Å². The summed E-state index contributed by atoms with van der Waals surface area (Å²) in [4.78, 5) is 22.5. The summed E-state index contributed by atoms with van der Waals surface area (Å²) in [5.74, 6) is 0.358. The number of ether oxygens (including phenoxy) is 1. The fourth-order valence-electron chi connectivity index (χ4n) is 4.75. The Labute approximate surface area is 170 Å². The van der Waals surface area contributed by atoms with Crippen molar-refractivity contribution in [3.05, 3.63) is 30.1 Å². The predicted molar refractivity (Wildman–Crippen MR) is 112 cm³/mol. The first-order valence-corrected chi connectivity index (χ1v) is 11.0. The molecule has 28 heavy (non-hydrogen) atoms. The molecule has 2 aliphatic rings. The molecule has 3 heterocycles. The van der Waals surface area contributed by atoms with Crippen molar-refractivity contribution in [2.75, 3.05) is 39.3 Å². The van der Waals surface area contributed by atoms with Crippen LogP contribution in [0, 0.1) is 5.41 Å². The first-order chi connectivity index (χ1) is 13.5. The van der Waals surface area contributed by atoms with Gasteiger partial charge < -0.3 is 9.64 Å². The maximum Gasteiger partial charge on any atom is 0.136 e. The largest absolute Gasteiger partial charge is 0.375 e. The van der Waals surface area contributed by atoms with Gasteiger partial charge in [-0.15, -0.1) is 0 Å². The highest BCUT2D eigenvalue weighted by molar-refractivity contribution is 5.79. The Morgan fingerprint density at radius 3 is 2.71 bits per heavy atom. The Morgan fingerprint density at radius 2 is 2.07 bits per heavy atom. The van der Waals surface area contributed by atoms with E-state index in [0.29, 0.717) is 24.7 Å². The van der Waals surface area contributed by atoms with Gasteiger partial charge in [0.2, 0.25) is 0 Å². The van der Waals surface area contributed by atoms with Gasteiger partial charge in [0.25, 0.3) is 0 Å². The molecule has 0 saturated carbocycles. The van der Waals surface area contributed by atoms with Gasteiger partial charge in [0, 0.05) is 43.9 Å². The van der Waals surface area contributed by atoms with E-state index in [0.717, 1.165) is 64.3 Å². The number of morpholine rings is 1. The Hall–Kier alpha value is -1.30. The number of ketones is 1. The molecule has 0 bridgehead atoms. The normalized spacial score (nSPS) is 23.8. The summed E-state index contributed by atoms with van der Waals surface area (Å²) in [6, 6.07) is 6.68. The van der Waals surface area contributed by atoms with Crippen LogP contribution in [0.1, 0.15) is 52.1 Å². The highest BCUT2D eigenvalue weighted by atomic mass is 16.5. The lowest BCUT2D eigenvalue weighted by Gasteiger charge is -2.43. The second-order valence-corrected chi connectivity index (χ2v) is 8.93. The average molecular weight is 388 g/mol. The molecule has 5 nitrogen and oxygen atoms in total. The van der Waals surface area contributed by atoms with Crippen LogP contribution < -0.4 is 0 Å². The van der Waals surface area contributed by atoms with Crippen LogP contribution in [0.15, 0.2) is 24.4 Å². The van der Waals surface area contributed by atoms with Crippen molar-refractivity contribution in [3.63, 3.8) is 0 Å². The number of piperidine rings is 1. The number of carbonyl (C=O) groups excluding carboxylic acids is 1. The first kappa shape index (κ1) is 21.4. The zero-order chi connectivity index (χ0) is 20.0. The average Bonchev–Trinajstić information content (AvgIpc) is 2.69. The Balaban J connectivity index is 1.64. The van der Waals surface area contributed by atoms with Gasteiger partial charge in [-0.05, 0) is 70.3 Å². The fourth-order valence-corrected chi connectivity index (χ4v) is 4.75. The lowest BCUT2D eigenvalue weighted by atomic mass is 9.70. The van der Waals surface area contributed by atoms with E-state index in [-0.39, 0.29) is 11.5 Å². The molecular formula is C23H37N3O2. The number of likely N-dealkylation sites (N-methyl/N-ethyl adjacent to an activating group) is 1. The molecule has 0 amide bonds. The number of likely N-dealkylation sites (tertiary alicyclic amines) is 1. The summed E-state index contributed by atoms with van der Waals surface area (Å²) >= 11 is 0. The maximum absolute atomic E-state index is 13.1. The Morgan fingerprint density at radius 1 is 1.29 bits per heavy atom. The minimum absolute atomic E-state index is 0.0376. The summed E-state index contributed by atoms with van der Waals surface area (Å²) in [7, 11) is 0. The van der Waals surface area contributed by atoms with Crippen LogP contribution >= 0.6 is 0 Å². The number of hydrogen-bond donors (Lipinski definition) is 0. The summed E-state index contributed by atoms with van der Waals surface area (Å²) in [5.41, 5.74) is 1.15. The van der Waals surface area contributed by atoms with Crippen molar-refractivity contribution in [1.29, 1.82) is 0 Å². The number of aromatic nitrogens is 1. The molecule has 5 heteroatoms. The van der Waals surface area contributed by atoms with E-state index in [1.54, 1.807) is 0 Å². The second-order valence-electron chi connectivity index (χ2n) is 8.93. The summed E-state index contributed by atoms with van der Waals surface area (Å²) < 4.78 is 5.89. The predicted octanol–water partition coefficient (Wildman–Crippen LogP) is 3.18. The van der Waals surface area contributed by atoms with E-state index in [9.17, 15) is 4.79 Å². The Kier molecular flexibility index (Phi) is 7.61. The summed E-state index contributed by atoms with van der Waals surface area (Å²) in [6.07, 6.45) is 6.17. The van der Waals surface area contributed by atoms with Gasteiger partial charge >= 0.3 is 0 Å². The lowest BCUT2D eigenvalue weighted by molar-refractivity contribution is -0.127. The van der Waals surface area contributed by atoms with Crippen LogP contribution in [-0.2, 0) is 16.0 Å². The van der Waals surface area contributed by atoms with Gasteiger partial charge in [0.05, 0.1) is 12.7 Å². The van der Waals surface area contributed by atoms with Crippen LogP contribution in [0.4, 0.5) is 0 Å². The van der Waals surface area contributed by atoms with Crippen molar-refractivity contribution in [3.8, 4) is 0 Å². The molecule has 1 aromatic rings. The number of Topliss-reactive ketones (excluding diaryl/α,β-unsaturated/α-hetero) is 1. The van der Waals surface area contributed by atoms with Gasteiger partial charge in [-0.25, -0.2) is 0 Å². The molecule has 3 rings (SSSR count). The minimum atomic E-state index is 0.0376. The summed E-state index contributed by atoms with van der Waals surface area (Å²) in [5, 5.41) is 0. The SMILES string of the molecule is CCN1CCOC(CC(=O)CC2(Cc3ccccn3)CCN(C(C)C)CC2)C1. The van der Waals surface area contributed by atoms with E-state index in [1.807, 2.05) is 12.3 Å². The maximum atomic E-state index is 13.1. The molecule has 2 fully saturated rings. The standard InChI is InChI=1S/C23H37N3O2/c1-4-25-13-14-28-22(18-25)15-21(27)17-23(16-20-7-5-6-10-24-20)8-11-26(12-9-23)19(2)3/h5-7,10,19,22H,4,8-9,11-18H2,1-3H3. The van der Waals surface area contributed by atoms with E-state index >= 15 is 0 Å². The Bertz CT molecular complexity index is 612. The van der Waals surface area contributed by atoms with Crippen LogP contribution in [-0.4, -0.2) is 72.0 Å². The van der Waals surface area contributed by atoms with E-state index in [2.05, 4.69) is 47.7 Å². The van der Waals surface area contributed by atoms with Crippen molar-refractivity contribution in [2.45, 2.75) is 65.0 Å². The zero-order valence-electron chi connectivity index (χ0n) is 17.9. The minimum Gasteiger partial charge on any atom is -0.375 e. The molecule has 1 unspecified atom stereocenters. The van der Waals surface area contributed by atoms with Crippen LogP contribution in [0.25, 0.3) is 0 Å². The molecule has 0 N–H and O–H groups in total. The molecule has 1 aromatic heterocycles. The second kappa shape index (κ2) is 9.95. The lowest BCUT2D eigenvalue weighted by Crippen LogP contribution is -2.46. The quantitative estimate of drug-likeness (QED) is 0.685. The number of carbonyl (C=O) groups is 1. The highest BCUT2D eigenvalue weighted by Gasteiger charge is 2.38. The number of rotatable bonds is 8. The molecule has 0 spiro atoms. The van der Waals surface area contributed by atoms with Crippen LogP contribution in [0.2, 0.25) is 0 Å². The molecule has 0 aliphatic carbocycles. The van der Waals surface area contributed by atoms with Crippen molar-refractivity contribution >= 4 is 5.78 Å². The number of pyridine rings is 1. The van der Waals surface area contributed by atoms with Crippen LogP contribution in [0.3, 0.4) is 0 Å². The summed E-state index contributed by atoms with van der Waals surface area (Å²) in [6.45, 7) is 12.5. The monoisotopic (exact) mass is 387 g/mol. The third kappa shape index (κ3) is 5.85. The number of hydrogen-bond acceptors (Lipinski definition) is 5. The fraction of sp³-hybridized carbons (Fsp3) is 0.739. The van der Waals surface area contributed by atoms with Gasteiger partial charge in [0.1, 0.15) is 5.78 Å². The molecule has 1 atom stereocenters. The molecular weight excluding hydrogens is 350 g/mol. The smallest absolute Gasteiger partial charge is 0.136 e. The molecule has 0 aromatic carbocycles. The topological polar surface area (TPSA) is 45.7 Å². The van der Waals surface area contributed by atoms with Crippen molar-refractivity contribution in [1.82, 2.24) is 14.8 Å². The van der Waals surface area contributed by atoms with E-state index in [1.165, 1.54) is 0 Å². The zero-order valence-corrected chi connectivity index (χ0v) is 17.9. The molecule has 2 aliphatic heterocycles. The van der Waals surface area contributed by atoms with Gasteiger partial charge in [-0.2, -0.15) is 0 Å². The third-order valence-corrected chi connectivity index (χ3v) is 6.57. The first-order valence-electron chi connectivity index (χ1n) is 11.0. The molecule has 156 valence electrons. The van der Waals surface area contributed by atoms with Crippen LogP contribution in [0.5, 0.6) is 0 Å². The van der Waals surface area contributed by atoms with Gasteiger partial charge in [-0.3, -0.25) is 14.7 Å². The van der Waals surface area contributed by atoms with E-state index in [4.69, 9.17) is 4.74 Å². The molecule has 2 saturated heterocycles. The highest BCUT2D eigenvalue weighted by Crippen LogP contribution is 2.39. The van der Waals surface area contributed by atoms with Crippen molar-refractivity contribution in [2.24, 2.45) is 5.41 Å². The third-order valence-electron chi connectivity index (χ3n) is 6.57. The molecule has 0 radical (unpaired) electrons. The van der Waals surface area contributed by atoms with Crippen molar-refractivity contribution < 1.29 is 9.53 Å². The number of nitrogens with zero attached hydrogens (tertiary/aromatic N) is 3. The van der Waals surface area contributed by atoms with E-state index < -0.39 is 0 Å². The van der Waals surface area contributed by atoms with Gasteiger partial charge in [0.15, 0.2) is 0 Å².